The molecular formula is C15H21N3O4. The molecule has 7 heteroatoms. The minimum atomic E-state index is -0.293. The fourth-order valence-electron chi connectivity index (χ4n) is 1.76. The normalized spacial score (nSPS) is 9.95. The van der Waals surface area contributed by atoms with Crippen LogP contribution in [0.15, 0.2) is 24.3 Å². The summed E-state index contributed by atoms with van der Waals surface area (Å²) in [6.07, 6.45) is 0. The van der Waals surface area contributed by atoms with Crippen LogP contribution in [0.1, 0.15) is 13.8 Å². The smallest absolute Gasteiger partial charge is 0.243 e. The number of benzene rings is 1. The Morgan fingerprint density at radius 1 is 1.05 bits per heavy atom. The van der Waals surface area contributed by atoms with Gasteiger partial charge in [-0.1, -0.05) is 0 Å². The van der Waals surface area contributed by atoms with Crippen LogP contribution in [0.3, 0.4) is 0 Å². The Hall–Kier alpha value is -2.41. The van der Waals surface area contributed by atoms with E-state index in [-0.39, 0.29) is 24.3 Å². The van der Waals surface area contributed by atoms with Gasteiger partial charge in [-0.3, -0.25) is 14.4 Å². The third kappa shape index (κ3) is 6.36. The zero-order valence-corrected chi connectivity index (χ0v) is 13.0. The monoisotopic (exact) mass is 307 g/mol. The number of hydrogen-bond acceptors (Lipinski definition) is 4. The van der Waals surface area contributed by atoms with Crippen molar-refractivity contribution in [2.24, 2.45) is 0 Å². The molecule has 22 heavy (non-hydrogen) atoms. The first-order valence-electron chi connectivity index (χ1n) is 6.84. The predicted molar refractivity (Wildman–Crippen MR) is 83.5 cm³/mol. The van der Waals surface area contributed by atoms with Gasteiger partial charge in [0, 0.05) is 38.9 Å². The molecule has 0 aliphatic carbocycles. The largest absolute Gasteiger partial charge is 0.383 e. The number of carbonyl (C=O) groups excluding carboxylic acids is 3. The van der Waals surface area contributed by atoms with Gasteiger partial charge in [0.15, 0.2) is 0 Å². The van der Waals surface area contributed by atoms with Crippen LogP contribution in [-0.4, -0.2) is 49.4 Å². The molecule has 3 amide bonds. The number of hydrogen-bond donors (Lipinski definition) is 2. The summed E-state index contributed by atoms with van der Waals surface area (Å²) in [5.41, 5.74) is 1.24. The van der Waals surface area contributed by atoms with Crippen molar-refractivity contribution in [1.82, 2.24) is 4.90 Å². The summed E-state index contributed by atoms with van der Waals surface area (Å²) in [4.78, 5) is 35.7. The molecule has 2 N–H and O–H groups in total. The minimum Gasteiger partial charge on any atom is -0.383 e. The topological polar surface area (TPSA) is 87.7 Å². The molecule has 0 heterocycles. The van der Waals surface area contributed by atoms with Gasteiger partial charge in [0.25, 0.3) is 0 Å². The van der Waals surface area contributed by atoms with Gasteiger partial charge in [-0.25, -0.2) is 0 Å². The van der Waals surface area contributed by atoms with Gasteiger partial charge in [0.1, 0.15) is 0 Å². The molecule has 0 spiro atoms. The molecule has 0 bridgehead atoms. The molecule has 0 aliphatic rings. The highest BCUT2D eigenvalue weighted by molar-refractivity contribution is 5.95. The summed E-state index contributed by atoms with van der Waals surface area (Å²) in [6.45, 7) is 3.53. The zero-order chi connectivity index (χ0) is 16.5. The first-order valence-corrected chi connectivity index (χ1v) is 6.84. The van der Waals surface area contributed by atoms with Crippen LogP contribution in [0.4, 0.5) is 11.4 Å². The van der Waals surface area contributed by atoms with Gasteiger partial charge in [0.2, 0.25) is 17.7 Å². The van der Waals surface area contributed by atoms with E-state index in [4.69, 9.17) is 4.74 Å². The molecule has 120 valence electrons. The van der Waals surface area contributed by atoms with Gasteiger partial charge in [-0.2, -0.15) is 0 Å². The van der Waals surface area contributed by atoms with Crippen LogP contribution in [0.25, 0.3) is 0 Å². The van der Waals surface area contributed by atoms with Gasteiger partial charge < -0.3 is 20.3 Å². The van der Waals surface area contributed by atoms with Crippen molar-refractivity contribution < 1.29 is 19.1 Å². The summed E-state index contributed by atoms with van der Waals surface area (Å²) in [5.74, 6) is -0.640. The molecule has 0 saturated heterocycles. The maximum Gasteiger partial charge on any atom is 0.243 e. The molecule has 1 aromatic carbocycles. The molecule has 0 fully saturated rings. The Bertz CT molecular complexity index is 528. The van der Waals surface area contributed by atoms with Crippen LogP contribution in [-0.2, 0) is 19.1 Å². The maximum atomic E-state index is 11.9. The van der Waals surface area contributed by atoms with Crippen LogP contribution in [0.5, 0.6) is 0 Å². The van der Waals surface area contributed by atoms with E-state index in [0.29, 0.717) is 24.5 Å². The van der Waals surface area contributed by atoms with E-state index in [9.17, 15) is 14.4 Å². The quantitative estimate of drug-likeness (QED) is 0.789. The molecule has 0 aromatic heterocycles. The first-order chi connectivity index (χ1) is 10.4. The highest BCUT2D eigenvalue weighted by atomic mass is 16.5. The molecule has 0 aliphatic heterocycles. The van der Waals surface area contributed by atoms with Crippen molar-refractivity contribution in [1.29, 1.82) is 0 Å². The predicted octanol–water partition coefficient (Wildman–Crippen LogP) is 1.08. The number of methoxy groups -OCH3 is 1. The summed E-state index contributed by atoms with van der Waals surface area (Å²) in [6, 6.07) is 6.72. The van der Waals surface area contributed by atoms with E-state index in [2.05, 4.69) is 10.6 Å². The lowest BCUT2D eigenvalue weighted by atomic mass is 10.2. The summed E-state index contributed by atoms with van der Waals surface area (Å²) < 4.78 is 4.91. The fraction of sp³-hybridized carbons (Fsp3) is 0.400. The number of nitrogens with zero attached hydrogens (tertiary/aromatic N) is 1. The van der Waals surface area contributed by atoms with Crippen LogP contribution < -0.4 is 10.6 Å². The molecule has 0 atom stereocenters. The second-order valence-corrected chi connectivity index (χ2v) is 4.74. The summed E-state index contributed by atoms with van der Waals surface area (Å²) >= 11 is 0. The third-order valence-corrected chi connectivity index (χ3v) is 2.83. The van der Waals surface area contributed by atoms with Crippen LogP contribution in [0.2, 0.25) is 0 Å². The second kappa shape index (κ2) is 8.78. The molecule has 0 unspecified atom stereocenters. The van der Waals surface area contributed by atoms with Gasteiger partial charge in [-0.15, -0.1) is 0 Å². The van der Waals surface area contributed by atoms with Crippen molar-refractivity contribution in [3.63, 3.8) is 0 Å². The van der Waals surface area contributed by atoms with Crippen molar-refractivity contribution in [3.05, 3.63) is 24.3 Å². The first kappa shape index (κ1) is 17.6. The number of carbonyl (C=O) groups is 3. The minimum absolute atomic E-state index is 0.0356. The average molecular weight is 307 g/mol. The maximum absolute atomic E-state index is 11.9. The van der Waals surface area contributed by atoms with E-state index >= 15 is 0 Å². The van der Waals surface area contributed by atoms with E-state index in [1.54, 1.807) is 24.3 Å². The Morgan fingerprint density at radius 3 is 2.05 bits per heavy atom. The highest BCUT2D eigenvalue weighted by Gasteiger charge is 2.13. The van der Waals surface area contributed by atoms with E-state index in [0.717, 1.165) is 0 Å². The SMILES string of the molecule is COCCN(CC(=O)Nc1ccc(NC(C)=O)cc1)C(C)=O. The lowest BCUT2D eigenvalue weighted by Gasteiger charge is -2.20. The molecule has 7 nitrogen and oxygen atoms in total. The summed E-state index contributed by atoms with van der Waals surface area (Å²) in [7, 11) is 1.54. The number of rotatable bonds is 7. The van der Waals surface area contributed by atoms with E-state index in [1.165, 1.54) is 25.9 Å². The van der Waals surface area contributed by atoms with Crippen molar-refractivity contribution in [3.8, 4) is 0 Å². The Morgan fingerprint density at radius 2 is 1.59 bits per heavy atom. The van der Waals surface area contributed by atoms with Crippen LogP contribution in [0, 0.1) is 0 Å². The molecular weight excluding hydrogens is 286 g/mol. The summed E-state index contributed by atoms with van der Waals surface area (Å²) in [5, 5.41) is 5.34. The Labute approximate surface area is 129 Å². The van der Waals surface area contributed by atoms with Gasteiger partial charge >= 0.3 is 0 Å². The number of nitrogens with one attached hydrogen (secondary N) is 2. The zero-order valence-electron chi connectivity index (χ0n) is 13.0. The van der Waals surface area contributed by atoms with E-state index in [1.807, 2.05) is 0 Å². The average Bonchev–Trinajstić information content (AvgIpc) is 2.44. The number of anilines is 2. The molecule has 0 radical (unpaired) electrons. The Kier molecular flexibility index (Phi) is 7.04. The number of ether oxygens (including phenoxy) is 1. The second-order valence-electron chi connectivity index (χ2n) is 4.74. The lowest BCUT2D eigenvalue weighted by molar-refractivity contribution is -0.133. The van der Waals surface area contributed by atoms with Gasteiger partial charge in [-0.05, 0) is 24.3 Å². The van der Waals surface area contributed by atoms with Gasteiger partial charge in [0.05, 0.1) is 13.2 Å². The fourth-order valence-corrected chi connectivity index (χ4v) is 1.76. The van der Waals surface area contributed by atoms with E-state index < -0.39 is 0 Å². The standard InChI is InChI=1S/C15H21N3O4/c1-11(19)16-13-4-6-14(7-5-13)17-15(21)10-18(12(2)20)8-9-22-3/h4-7H,8-10H2,1-3H3,(H,16,19)(H,17,21). The van der Waals surface area contributed by atoms with Crippen LogP contribution >= 0.6 is 0 Å². The Balaban J connectivity index is 2.56. The lowest BCUT2D eigenvalue weighted by Crippen LogP contribution is -2.38. The number of amides is 3. The molecule has 1 aromatic rings. The third-order valence-electron chi connectivity index (χ3n) is 2.83. The molecule has 1 rings (SSSR count). The van der Waals surface area contributed by atoms with Crippen molar-refractivity contribution in [2.75, 3.05) is 37.4 Å². The highest BCUT2D eigenvalue weighted by Crippen LogP contribution is 2.13. The van der Waals surface area contributed by atoms with Crippen molar-refractivity contribution in [2.45, 2.75) is 13.8 Å². The molecule has 0 saturated carbocycles. The van der Waals surface area contributed by atoms with Crippen molar-refractivity contribution >= 4 is 29.1 Å².